The van der Waals surface area contributed by atoms with Crippen molar-refractivity contribution in [3.8, 4) is 0 Å². The van der Waals surface area contributed by atoms with E-state index in [0.717, 1.165) is 19.3 Å². The Morgan fingerprint density at radius 1 is 1.28 bits per heavy atom. The highest BCUT2D eigenvalue weighted by Crippen LogP contribution is 2.45. The topological polar surface area (TPSA) is 58.2 Å². The lowest BCUT2D eigenvalue weighted by Crippen LogP contribution is -2.49. The van der Waals surface area contributed by atoms with Gasteiger partial charge < -0.3 is 10.6 Å². The standard InChI is InChI=1S/C13H23IN2O2/c1-9(17)16-10-5-12(2,3)7-13(4,6-10)8-15-11(14)18/h10H,5-8H2,1-4H3,(H,15,18)(H,16,17). The lowest BCUT2D eigenvalue weighted by molar-refractivity contribution is -0.120. The molecular formula is C13H23IN2O2. The van der Waals surface area contributed by atoms with Crippen LogP contribution in [-0.2, 0) is 4.79 Å². The van der Waals surface area contributed by atoms with Crippen molar-refractivity contribution in [1.29, 1.82) is 0 Å². The molecule has 2 atom stereocenters. The molecule has 2 unspecified atom stereocenters. The molecule has 0 radical (unpaired) electrons. The Hall–Kier alpha value is -0.330. The second-order valence-corrected chi connectivity index (χ2v) is 7.56. The van der Waals surface area contributed by atoms with Gasteiger partial charge >= 0.3 is 0 Å². The average Bonchev–Trinajstić information content (AvgIpc) is 2.10. The molecule has 2 amide bonds. The van der Waals surface area contributed by atoms with Crippen molar-refractivity contribution in [2.45, 2.75) is 53.0 Å². The number of carbonyl (C=O) groups is 2. The van der Waals surface area contributed by atoms with E-state index in [4.69, 9.17) is 0 Å². The number of nitrogens with one attached hydrogen (secondary N) is 2. The van der Waals surface area contributed by atoms with Crippen molar-refractivity contribution in [1.82, 2.24) is 10.6 Å². The number of amides is 2. The minimum Gasteiger partial charge on any atom is -0.354 e. The van der Waals surface area contributed by atoms with Gasteiger partial charge in [0, 0.05) is 42.1 Å². The molecule has 1 rings (SSSR count). The highest BCUT2D eigenvalue weighted by molar-refractivity contribution is 14.1. The van der Waals surface area contributed by atoms with E-state index in [0.29, 0.717) is 6.54 Å². The van der Waals surface area contributed by atoms with Crippen LogP contribution in [0.15, 0.2) is 0 Å². The summed E-state index contributed by atoms with van der Waals surface area (Å²) in [6, 6.07) is 0.211. The SMILES string of the molecule is CC(=O)NC1CC(C)(C)CC(C)(CNC(=O)I)C1. The molecule has 0 aromatic carbocycles. The van der Waals surface area contributed by atoms with Gasteiger partial charge in [0.2, 0.25) is 5.91 Å². The summed E-state index contributed by atoms with van der Waals surface area (Å²) in [6.45, 7) is 8.88. The van der Waals surface area contributed by atoms with E-state index in [9.17, 15) is 9.59 Å². The number of hydrogen-bond acceptors (Lipinski definition) is 2. The Morgan fingerprint density at radius 3 is 2.39 bits per heavy atom. The third-order valence-electron chi connectivity index (χ3n) is 3.51. The van der Waals surface area contributed by atoms with Crippen LogP contribution in [0.1, 0.15) is 47.0 Å². The average molecular weight is 366 g/mol. The van der Waals surface area contributed by atoms with Gasteiger partial charge in [-0.3, -0.25) is 9.59 Å². The molecule has 0 aliphatic heterocycles. The van der Waals surface area contributed by atoms with Crippen LogP contribution < -0.4 is 10.6 Å². The Morgan fingerprint density at radius 2 is 1.89 bits per heavy atom. The minimum absolute atomic E-state index is 0.0201. The molecule has 1 fully saturated rings. The summed E-state index contributed by atoms with van der Waals surface area (Å²) in [5, 5.41) is 5.93. The van der Waals surface area contributed by atoms with Gasteiger partial charge in [0.05, 0.1) is 0 Å². The Kier molecular flexibility index (Phi) is 5.03. The molecule has 1 aliphatic carbocycles. The molecule has 104 valence electrons. The van der Waals surface area contributed by atoms with Crippen LogP contribution >= 0.6 is 22.6 Å². The Balaban J connectivity index is 2.72. The molecule has 0 saturated heterocycles. The van der Waals surface area contributed by atoms with Crippen LogP contribution in [0.5, 0.6) is 0 Å². The molecule has 18 heavy (non-hydrogen) atoms. The molecular weight excluding hydrogens is 343 g/mol. The van der Waals surface area contributed by atoms with Crippen LogP contribution in [0.25, 0.3) is 0 Å². The predicted molar refractivity (Wildman–Crippen MR) is 80.8 cm³/mol. The fourth-order valence-electron chi connectivity index (χ4n) is 3.44. The Labute approximate surface area is 123 Å². The van der Waals surface area contributed by atoms with Crippen LogP contribution in [0.4, 0.5) is 4.79 Å². The minimum atomic E-state index is -0.0201. The van der Waals surface area contributed by atoms with Gasteiger partial charge in [0.15, 0.2) is 0 Å². The smallest absolute Gasteiger partial charge is 0.280 e. The molecule has 2 N–H and O–H groups in total. The highest BCUT2D eigenvalue weighted by Gasteiger charge is 2.41. The first-order valence-corrected chi connectivity index (χ1v) is 7.40. The molecule has 0 aromatic heterocycles. The maximum Gasteiger partial charge on any atom is 0.280 e. The first kappa shape index (κ1) is 15.7. The predicted octanol–water partition coefficient (Wildman–Crippen LogP) is 2.85. The zero-order valence-electron chi connectivity index (χ0n) is 11.6. The van der Waals surface area contributed by atoms with Gasteiger partial charge in [-0.15, -0.1) is 0 Å². The summed E-state index contributed by atoms with van der Waals surface area (Å²) < 4.78 is -0.0201. The normalized spacial score (nSPS) is 30.6. The molecule has 0 heterocycles. The van der Waals surface area contributed by atoms with Crippen LogP contribution in [0, 0.1) is 10.8 Å². The Bertz CT molecular complexity index is 344. The highest BCUT2D eigenvalue weighted by atomic mass is 127. The van der Waals surface area contributed by atoms with Gasteiger partial charge in [0.1, 0.15) is 0 Å². The summed E-state index contributed by atoms with van der Waals surface area (Å²) in [6.07, 6.45) is 2.99. The summed E-state index contributed by atoms with van der Waals surface area (Å²) in [5.74, 6) is 0.0259. The van der Waals surface area contributed by atoms with Crippen molar-refractivity contribution < 1.29 is 9.59 Å². The maximum absolute atomic E-state index is 11.2. The van der Waals surface area contributed by atoms with Crippen molar-refractivity contribution in [3.05, 3.63) is 0 Å². The molecule has 4 nitrogen and oxygen atoms in total. The van der Waals surface area contributed by atoms with E-state index in [1.165, 1.54) is 0 Å². The van der Waals surface area contributed by atoms with Crippen LogP contribution in [0.3, 0.4) is 0 Å². The maximum atomic E-state index is 11.2. The van der Waals surface area contributed by atoms with E-state index in [1.54, 1.807) is 29.5 Å². The lowest BCUT2D eigenvalue weighted by atomic mass is 9.62. The molecule has 0 spiro atoms. The zero-order valence-corrected chi connectivity index (χ0v) is 13.8. The van der Waals surface area contributed by atoms with Crippen molar-refractivity contribution in [3.63, 3.8) is 0 Å². The quantitative estimate of drug-likeness (QED) is 0.459. The zero-order chi connectivity index (χ0) is 14.0. The van der Waals surface area contributed by atoms with Crippen molar-refractivity contribution in [2.24, 2.45) is 10.8 Å². The molecule has 0 bridgehead atoms. The first-order valence-electron chi connectivity index (χ1n) is 6.32. The second-order valence-electron chi connectivity index (χ2n) is 6.58. The third kappa shape index (κ3) is 5.12. The molecule has 0 aromatic rings. The fraction of sp³-hybridized carbons (Fsp3) is 0.846. The number of halogens is 1. The van der Waals surface area contributed by atoms with Gasteiger partial charge in [-0.1, -0.05) is 20.8 Å². The van der Waals surface area contributed by atoms with E-state index in [1.807, 2.05) is 0 Å². The second kappa shape index (κ2) is 5.75. The van der Waals surface area contributed by atoms with Gasteiger partial charge in [-0.2, -0.15) is 0 Å². The van der Waals surface area contributed by atoms with E-state index in [-0.39, 0.29) is 26.7 Å². The van der Waals surface area contributed by atoms with Gasteiger partial charge in [0.25, 0.3) is 3.91 Å². The summed E-state index contributed by atoms with van der Waals surface area (Å²) in [5.41, 5.74) is 0.242. The number of rotatable bonds is 3. The van der Waals surface area contributed by atoms with Crippen LogP contribution in [-0.4, -0.2) is 22.4 Å². The van der Waals surface area contributed by atoms with E-state index in [2.05, 4.69) is 31.4 Å². The number of hydrogen-bond donors (Lipinski definition) is 2. The molecule has 5 heteroatoms. The monoisotopic (exact) mass is 366 g/mol. The summed E-state index contributed by atoms with van der Waals surface area (Å²) in [7, 11) is 0. The lowest BCUT2D eigenvalue weighted by Gasteiger charge is -2.46. The third-order valence-corrected chi connectivity index (χ3v) is 3.89. The van der Waals surface area contributed by atoms with Crippen molar-refractivity contribution in [2.75, 3.05) is 6.54 Å². The van der Waals surface area contributed by atoms with Crippen molar-refractivity contribution >= 4 is 32.4 Å². The van der Waals surface area contributed by atoms with Crippen LogP contribution in [0.2, 0.25) is 0 Å². The van der Waals surface area contributed by atoms with E-state index < -0.39 is 0 Å². The van der Waals surface area contributed by atoms with Gasteiger partial charge in [-0.25, -0.2) is 0 Å². The summed E-state index contributed by atoms with van der Waals surface area (Å²) in [4.78, 5) is 22.3. The first-order chi connectivity index (χ1) is 8.12. The number of carbonyl (C=O) groups excluding carboxylic acids is 2. The van der Waals surface area contributed by atoms with Gasteiger partial charge in [-0.05, 0) is 30.1 Å². The van der Waals surface area contributed by atoms with E-state index >= 15 is 0 Å². The molecule has 1 aliphatic rings. The largest absolute Gasteiger partial charge is 0.354 e. The fourth-order valence-corrected chi connectivity index (χ4v) is 3.63. The summed E-state index contributed by atoms with van der Waals surface area (Å²) >= 11 is 1.76. The molecule has 1 saturated carbocycles.